The fourth-order valence-corrected chi connectivity index (χ4v) is 3.62. The lowest BCUT2D eigenvalue weighted by Crippen LogP contribution is -2.36. The molecule has 1 heterocycles. The van der Waals surface area contributed by atoms with Gasteiger partial charge < -0.3 is 9.84 Å². The molecule has 30 heavy (non-hydrogen) atoms. The molecule has 0 bridgehead atoms. The van der Waals surface area contributed by atoms with Gasteiger partial charge in [-0.05, 0) is 55.0 Å². The number of hydrogen-bond donors (Lipinski definition) is 1. The maximum absolute atomic E-state index is 13.2. The molecule has 5 nitrogen and oxygen atoms in total. The standard InChI is InChI=1S/C22H22F3NO4/c23-22(24,25)19-7-2-1-4-16(19)12-15-8-10-26(11-9-15)14-30-21(29)18-6-3-5-17(13-18)20(27)28/h1-7,13,15H,8-12,14H2,(H,27,28). The van der Waals surface area contributed by atoms with Crippen molar-refractivity contribution in [3.8, 4) is 0 Å². The summed E-state index contributed by atoms with van der Waals surface area (Å²) in [6, 6.07) is 11.3. The number of piperidine rings is 1. The lowest BCUT2D eigenvalue weighted by molar-refractivity contribution is -0.138. The van der Waals surface area contributed by atoms with E-state index in [0.717, 1.165) is 6.07 Å². The number of likely N-dealkylation sites (tertiary alicyclic amines) is 1. The number of carbonyl (C=O) groups excluding carboxylic acids is 1. The first-order valence-corrected chi connectivity index (χ1v) is 9.62. The van der Waals surface area contributed by atoms with Crippen LogP contribution in [0.2, 0.25) is 0 Å². The lowest BCUT2D eigenvalue weighted by Gasteiger charge is -2.31. The van der Waals surface area contributed by atoms with Gasteiger partial charge in [0.15, 0.2) is 0 Å². The predicted molar refractivity (Wildman–Crippen MR) is 103 cm³/mol. The zero-order chi connectivity index (χ0) is 21.7. The van der Waals surface area contributed by atoms with Crippen LogP contribution in [-0.4, -0.2) is 41.8 Å². The van der Waals surface area contributed by atoms with Crippen molar-refractivity contribution in [3.63, 3.8) is 0 Å². The van der Waals surface area contributed by atoms with E-state index in [2.05, 4.69) is 0 Å². The molecule has 0 aliphatic carbocycles. The molecule has 0 unspecified atom stereocenters. The van der Waals surface area contributed by atoms with Gasteiger partial charge in [0.25, 0.3) is 0 Å². The van der Waals surface area contributed by atoms with Gasteiger partial charge in [0.05, 0.1) is 16.7 Å². The second-order valence-corrected chi connectivity index (χ2v) is 7.37. The van der Waals surface area contributed by atoms with Gasteiger partial charge in [0.1, 0.15) is 6.73 Å². The highest BCUT2D eigenvalue weighted by atomic mass is 19.4. The molecule has 3 rings (SSSR count). The third-order valence-electron chi connectivity index (χ3n) is 5.26. The highest BCUT2D eigenvalue weighted by Gasteiger charge is 2.33. The molecule has 160 valence electrons. The van der Waals surface area contributed by atoms with E-state index < -0.39 is 23.7 Å². The van der Waals surface area contributed by atoms with Crippen molar-refractivity contribution >= 4 is 11.9 Å². The molecule has 0 spiro atoms. The third-order valence-corrected chi connectivity index (χ3v) is 5.26. The Bertz CT molecular complexity index is 905. The number of rotatable bonds is 6. The van der Waals surface area contributed by atoms with Gasteiger partial charge in [-0.2, -0.15) is 13.2 Å². The summed E-state index contributed by atoms with van der Waals surface area (Å²) in [5.41, 5.74) is -0.101. The second-order valence-electron chi connectivity index (χ2n) is 7.37. The largest absolute Gasteiger partial charge is 0.478 e. The van der Waals surface area contributed by atoms with E-state index in [1.54, 1.807) is 6.07 Å². The Hall–Kier alpha value is -2.87. The van der Waals surface area contributed by atoms with E-state index in [1.165, 1.54) is 36.4 Å². The van der Waals surface area contributed by atoms with Gasteiger partial charge in [-0.15, -0.1) is 0 Å². The van der Waals surface area contributed by atoms with Crippen LogP contribution in [0.1, 0.15) is 44.7 Å². The molecule has 1 aliphatic heterocycles. The normalized spacial score (nSPS) is 15.7. The Kier molecular flexibility index (Phi) is 6.77. The van der Waals surface area contributed by atoms with Gasteiger partial charge in [-0.25, -0.2) is 9.59 Å². The minimum atomic E-state index is -4.36. The zero-order valence-corrected chi connectivity index (χ0v) is 16.2. The number of carboxylic acid groups (broad SMARTS) is 1. The number of carbonyl (C=O) groups is 2. The molecule has 0 atom stereocenters. The topological polar surface area (TPSA) is 66.8 Å². The molecule has 0 saturated carbocycles. The average Bonchev–Trinajstić information content (AvgIpc) is 2.72. The molecule has 1 N–H and O–H groups in total. The first kappa shape index (κ1) is 21.8. The van der Waals surface area contributed by atoms with Crippen molar-refractivity contribution in [3.05, 3.63) is 70.8 Å². The number of ether oxygens (including phenoxy) is 1. The van der Waals surface area contributed by atoms with Crippen molar-refractivity contribution in [2.24, 2.45) is 5.92 Å². The van der Waals surface area contributed by atoms with Crippen LogP contribution in [-0.2, 0) is 17.3 Å². The van der Waals surface area contributed by atoms with Crippen molar-refractivity contribution in [1.29, 1.82) is 0 Å². The van der Waals surface area contributed by atoms with Crippen LogP contribution >= 0.6 is 0 Å². The summed E-state index contributed by atoms with van der Waals surface area (Å²) in [4.78, 5) is 25.1. The van der Waals surface area contributed by atoms with Crippen LogP contribution in [0.25, 0.3) is 0 Å². The van der Waals surface area contributed by atoms with Crippen molar-refractivity contribution in [2.45, 2.75) is 25.4 Å². The van der Waals surface area contributed by atoms with E-state index in [9.17, 15) is 22.8 Å². The quantitative estimate of drug-likeness (QED) is 0.697. The Morgan fingerprint density at radius 1 is 1.03 bits per heavy atom. The van der Waals surface area contributed by atoms with Crippen LogP contribution in [0, 0.1) is 5.92 Å². The molecule has 1 saturated heterocycles. The van der Waals surface area contributed by atoms with Crippen molar-refractivity contribution < 1.29 is 32.6 Å². The third kappa shape index (κ3) is 5.60. The van der Waals surface area contributed by atoms with E-state index in [0.29, 0.717) is 37.9 Å². The fourth-order valence-electron chi connectivity index (χ4n) is 3.62. The maximum Gasteiger partial charge on any atom is 0.416 e. The average molecular weight is 421 g/mol. The highest BCUT2D eigenvalue weighted by molar-refractivity contribution is 5.94. The minimum Gasteiger partial charge on any atom is -0.478 e. The number of hydrogen-bond acceptors (Lipinski definition) is 4. The van der Waals surface area contributed by atoms with Crippen LogP contribution in [0.3, 0.4) is 0 Å². The van der Waals surface area contributed by atoms with Crippen molar-refractivity contribution in [2.75, 3.05) is 19.8 Å². The van der Waals surface area contributed by atoms with Gasteiger partial charge in [-0.1, -0.05) is 24.3 Å². The van der Waals surface area contributed by atoms with E-state index in [1.807, 2.05) is 4.90 Å². The summed E-state index contributed by atoms with van der Waals surface area (Å²) in [5, 5.41) is 8.99. The molecule has 0 aromatic heterocycles. The van der Waals surface area contributed by atoms with Gasteiger partial charge >= 0.3 is 18.1 Å². The Morgan fingerprint density at radius 3 is 2.37 bits per heavy atom. The molecule has 0 radical (unpaired) electrons. The van der Waals surface area contributed by atoms with Crippen LogP contribution in [0.4, 0.5) is 13.2 Å². The number of esters is 1. The molecule has 2 aromatic carbocycles. The summed E-state index contributed by atoms with van der Waals surface area (Å²) in [6.07, 6.45) is -2.58. The van der Waals surface area contributed by atoms with Gasteiger partial charge in [0.2, 0.25) is 0 Å². The Labute approximate surface area is 172 Å². The predicted octanol–water partition coefficient (Wildman–Crippen LogP) is 4.47. The first-order valence-electron chi connectivity index (χ1n) is 9.62. The molecular weight excluding hydrogens is 399 g/mol. The molecule has 1 fully saturated rings. The van der Waals surface area contributed by atoms with Gasteiger partial charge in [-0.3, -0.25) is 4.90 Å². The monoisotopic (exact) mass is 421 g/mol. The summed E-state index contributed by atoms with van der Waals surface area (Å²) in [7, 11) is 0. The van der Waals surface area contributed by atoms with E-state index >= 15 is 0 Å². The van der Waals surface area contributed by atoms with Crippen molar-refractivity contribution in [1.82, 2.24) is 4.90 Å². The van der Waals surface area contributed by atoms with Crippen LogP contribution in [0.15, 0.2) is 48.5 Å². The highest BCUT2D eigenvalue weighted by Crippen LogP contribution is 2.34. The fraction of sp³-hybridized carbons (Fsp3) is 0.364. The van der Waals surface area contributed by atoms with Crippen LogP contribution in [0.5, 0.6) is 0 Å². The number of alkyl halides is 3. The Morgan fingerprint density at radius 2 is 1.70 bits per heavy atom. The second kappa shape index (κ2) is 9.30. The zero-order valence-electron chi connectivity index (χ0n) is 16.2. The lowest BCUT2D eigenvalue weighted by atomic mass is 9.88. The molecule has 8 heteroatoms. The number of benzene rings is 2. The summed E-state index contributed by atoms with van der Waals surface area (Å²) in [6.45, 7) is 1.28. The van der Waals surface area contributed by atoms with E-state index in [-0.39, 0.29) is 23.8 Å². The number of nitrogens with zero attached hydrogens (tertiary/aromatic N) is 1. The molecule has 1 aliphatic rings. The summed E-state index contributed by atoms with van der Waals surface area (Å²) in [5.74, 6) is -1.61. The number of aromatic carboxylic acids is 1. The van der Waals surface area contributed by atoms with Gasteiger partial charge in [0, 0.05) is 13.1 Å². The van der Waals surface area contributed by atoms with Crippen LogP contribution < -0.4 is 0 Å². The summed E-state index contributed by atoms with van der Waals surface area (Å²) >= 11 is 0. The summed E-state index contributed by atoms with van der Waals surface area (Å²) < 4.78 is 44.7. The molecule has 2 aromatic rings. The number of halogens is 3. The minimum absolute atomic E-state index is 0.00408. The SMILES string of the molecule is O=C(O)c1cccc(C(=O)OCN2CCC(Cc3ccccc3C(F)(F)F)CC2)c1. The molecule has 0 amide bonds. The maximum atomic E-state index is 13.2. The number of carboxylic acids is 1. The van der Waals surface area contributed by atoms with E-state index in [4.69, 9.17) is 9.84 Å². The first-order chi connectivity index (χ1) is 14.2. The smallest absolute Gasteiger partial charge is 0.416 e. The Balaban J connectivity index is 1.49. The molecular formula is C22H22F3NO4.